The molecule has 0 radical (unpaired) electrons. The maximum Gasteiger partial charge on any atom is 0.0481 e. The van der Waals surface area contributed by atoms with Gasteiger partial charge in [-0.2, -0.15) is 0 Å². The van der Waals surface area contributed by atoms with E-state index >= 15 is 0 Å². The third-order valence-corrected chi connectivity index (χ3v) is 3.54. The standard InChI is InChI=1S/C17H24N2O/c1-2-11-20-12-10-16(19-18)13-15-8-5-7-14-6-3-4-9-17(14)15/h3-9,16,19H,2,10-13,18H2,1H3. The number of ether oxygens (including phenoxy) is 1. The van der Waals surface area contributed by atoms with Gasteiger partial charge in [-0.25, -0.2) is 0 Å². The predicted molar refractivity (Wildman–Crippen MR) is 84.5 cm³/mol. The summed E-state index contributed by atoms with van der Waals surface area (Å²) in [7, 11) is 0. The van der Waals surface area contributed by atoms with Crippen molar-refractivity contribution in [3.05, 3.63) is 48.0 Å². The number of nitrogens with two attached hydrogens (primary N) is 1. The third kappa shape index (κ3) is 4.04. The molecule has 0 aliphatic carbocycles. The van der Waals surface area contributed by atoms with E-state index < -0.39 is 0 Å². The van der Waals surface area contributed by atoms with Gasteiger partial charge >= 0.3 is 0 Å². The van der Waals surface area contributed by atoms with E-state index in [-0.39, 0.29) is 6.04 Å². The molecule has 0 aliphatic rings. The molecular formula is C17H24N2O. The SMILES string of the molecule is CCCOCCC(Cc1cccc2ccccc12)NN. The fourth-order valence-corrected chi connectivity index (χ4v) is 2.45. The summed E-state index contributed by atoms with van der Waals surface area (Å²) in [5.41, 5.74) is 4.25. The van der Waals surface area contributed by atoms with E-state index in [9.17, 15) is 0 Å². The van der Waals surface area contributed by atoms with Crippen molar-refractivity contribution < 1.29 is 4.74 Å². The van der Waals surface area contributed by atoms with Crippen molar-refractivity contribution in [3.63, 3.8) is 0 Å². The minimum absolute atomic E-state index is 0.248. The Labute approximate surface area is 121 Å². The van der Waals surface area contributed by atoms with Gasteiger partial charge in [0, 0.05) is 19.3 Å². The van der Waals surface area contributed by atoms with E-state index in [0.29, 0.717) is 0 Å². The molecule has 3 N–H and O–H groups in total. The second-order valence-corrected chi connectivity index (χ2v) is 5.11. The zero-order chi connectivity index (χ0) is 14.2. The fraction of sp³-hybridized carbons (Fsp3) is 0.412. The molecule has 3 nitrogen and oxygen atoms in total. The molecule has 0 saturated carbocycles. The largest absolute Gasteiger partial charge is 0.381 e. The third-order valence-electron chi connectivity index (χ3n) is 3.54. The van der Waals surface area contributed by atoms with E-state index in [1.165, 1.54) is 16.3 Å². The highest BCUT2D eigenvalue weighted by Gasteiger charge is 2.09. The highest BCUT2D eigenvalue weighted by Crippen LogP contribution is 2.20. The summed E-state index contributed by atoms with van der Waals surface area (Å²) in [5, 5.41) is 2.59. The minimum Gasteiger partial charge on any atom is -0.381 e. The molecule has 2 aromatic carbocycles. The second-order valence-electron chi connectivity index (χ2n) is 5.11. The van der Waals surface area contributed by atoms with Gasteiger partial charge in [-0.3, -0.25) is 11.3 Å². The lowest BCUT2D eigenvalue weighted by molar-refractivity contribution is 0.124. The van der Waals surface area contributed by atoms with Crippen molar-refractivity contribution in [1.82, 2.24) is 5.43 Å². The molecule has 2 rings (SSSR count). The maximum absolute atomic E-state index is 5.67. The molecule has 0 aromatic heterocycles. The number of rotatable bonds is 8. The van der Waals surface area contributed by atoms with Gasteiger partial charge in [0.15, 0.2) is 0 Å². The highest BCUT2D eigenvalue weighted by atomic mass is 16.5. The smallest absolute Gasteiger partial charge is 0.0481 e. The number of nitrogens with one attached hydrogen (secondary N) is 1. The van der Waals surface area contributed by atoms with Gasteiger partial charge in [-0.05, 0) is 35.6 Å². The summed E-state index contributed by atoms with van der Waals surface area (Å²) in [6.07, 6.45) is 2.91. The van der Waals surface area contributed by atoms with Crippen LogP contribution in [0.1, 0.15) is 25.3 Å². The maximum atomic E-state index is 5.67. The van der Waals surface area contributed by atoms with Crippen LogP contribution in [-0.2, 0) is 11.2 Å². The van der Waals surface area contributed by atoms with Crippen molar-refractivity contribution in [2.75, 3.05) is 13.2 Å². The molecule has 0 heterocycles. The Bertz CT molecular complexity index is 522. The van der Waals surface area contributed by atoms with Crippen LogP contribution >= 0.6 is 0 Å². The summed E-state index contributed by atoms with van der Waals surface area (Å²) in [6, 6.07) is 15.2. The second kappa shape index (κ2) is 8.00. The van der Waals surface area contributed by atoms with Crippen molar-refractivity contribution in [2.45, 2.75) is 32.2 Å². The average molecular weight is 272 g/mol. The van der Waals surface area contributed by atoms with E-state index in [2.05, 4.69) is 54.8 Å². The highest BCUT2D eigenvalue weighted by molar-refractivity contribution is 5.85. The quantitative estimate of drug-likeness (QED) is 0.441. The molecule has 0 amide bonds. The molecular weight excluding hydrogens is 248 g/mol. The summed E-state index contributed by atoms with van der Waals surface area (Å²) < 4.78 is 5.54. The van der Waals surface area contributed by atoms with Crippen LogP contribution < -0.4 is 11.3 Å². The van der Waals surface area contributed by atoms with Crippen LogP contribution in [0.4, 0.5) is 0 Å². The molecule has 0 bridgehead atoms. The zero-order valence-corrected chi connectivity index (χ0v) is 12.1. The first-order chi connectivity index (χ1) is 9.85. The molecule has 0 spiro atoms. The number of fused-ring (bicyclic) bond motifs is 1. The van der Waals surface area contributed by atoms with E-state index in [4.69, 9.17) is 10.6 Å². The van der Waals surface area contributed by atoms with Crippen LogP contribution in [0.15, 0.2) is 42.5 Å². The Morgan fingerprint density at radius 2 is 1.90 bits per heavy atom. The summed E-state index contributed by atoms with van der Waals surface area (Å²) in [4.78, 5) is 0. The van der Waals surface area contributed by atoms with Gasteiger partial charge in [0.25, 0.3) is 0 Å². The first-order valence-corrected chi connectivity index (χ1v) is 7.35. The average Bonchev–Trinajstić information content (AvgIpc) is 2.50. The molecule has 1 unspecified atom stereocenters. The van der Waals surface area contributed by atoms with Crippen LogP contribution in [0.2, 0.25) is 0 Å². The summed E-state index contributed by atoms with van der Waals surface area (Å²) >= 11 is 0. The lowest BCUT2D eigenvalue weighted by Gasteiger charge is -2.17. The van der Waals surface area contributed by atoms with Crippen molar-refractivity contribution in [2.24, 2.45) is 5.84 Å². The van der Waals surface area contributed by atoms with Crippen LogP contribution in [0.3, 0.4) is 0 Å². The normalized spacial score (nSPS) is 12.7. The zero-order valence-electron chi connectivity index (χ0n) is 12.1. The van der Waals surface area contributed by atoms with Crippen LogP contribution in [0.25, 0.3) is 10.8 Å². The van der Waals surface area contributed by atoms with Crippen molar-refractivity contribution in [1.29, 1.82) is 0 Å². The molecule has 20 heavy (non-hydrogen) atoms. The van der Waals surface area contributed by atoms with Gasteiger partial charge < -0.3 is 4.74 Å². The van der Waals surface area contributed by atoms with Gasteiger partial charge in [0.2, 0.25) is 0 Å². The van der Waals surface area contributed by atoms with E-state index in [0.717, 1.165) is 32.5 Å². The number of hydrazine groups is 1. The molecule has 0 aliphatic heterocycles. The Morgan fingerprint density at radius 1 is 1.10 bits per heavy atom. The molecule has 3 heteroatoms. The molecule has 108 valence electrons. The fourth-order valence-electron chi connectivity index (χ4n) is 2.45. The lowest BCUT2D eigenvalue weighted by atomic mass is 9.98. The van der Waals surface area contributed by atoms with Gasteiger partial charge in [0.05, 0.1) is 0 Å². The Balaban J connectivity index is 2.02. The van der Waals surface area contributed by atoms with Crippen LogP contribution in [0.5, 0.6) is 0 Å². The minimum atomic E-state index is 0.248. The number of hydrogen-bond donors (Lipinski definition) is 2. The van der Waals surface area contributed by atoms with Gasteiger partial charge in [0.1, 0.15) is 0 Å². The van der Waals surface area contributed by atoms with E-state index in [1.54, 1.807) is 0 Å². The summed E-state index contributed by atoms with van der Waals surface area (Å²) in [6.45, 7) is 3.70. The Hall–Kier alpha value is -1.42. The van der Waals surface area contributed by atoms with Crippen molar-refractivity contribution in [3.8, 4) is 0 Å². The molecule has 1 atom stereocenters. The first-order valence-electron chi connectivity index (χ1n) is 7.35. The Kier molecular flexibility index (Phi) is 5.99. The monoisotopic (exact) mass is 272 g/mol. The van der Waals surface area contributed by atoms with Gasteiger partial charge in [-0.1, -0.05) is 49.4 Å². The lowest BCUT2D eigenvalue weighted by Crippen LogP contribution is -2.37. The van der Waals surface area contributed by atoms with Crippen molar-refractivity contribution >= 4 is 10.8 Å². The topological polar surface area (TPSA) is 47.3 Å². The summed E-state index contributed by atoms with van der Waals surface area (Å²) in [5.74, 6) is 5.67. The van der Waals surface area contributed by atoms with Crippen LogP contribution in [0, 0.1) is 0 Å². The number of benzene rings is 2. The molecule has 0 saturated heterocycles. The van der Waals surface area contributed by atoms with Crippen LogP contribution in [-0.4, -0.2) is 19.3 Å². The predicted octanol–water partition coefficient (Wildman–Crippen LogP) is 3.03. The molecule has 0 fully saturated rings. The Morgan fingerprint density at radius 3 is 2.70 bits per heavy atom. The first kappa shape index (κ1) is 15.0. The van der Waals surface area contributed by atoms with E-state index in [1.807, 2.05) is 0 Å². The number of hydrogen-bond acceptors (Lipinski definition) is 3. The molecule has 2 aromatic rings. The van der Waals surface area contributed by atoms with Gasteiger partial charge in [-0.15, -0.1) is 0 Å².